The molecule has 1 aromatic heterocycles. The summed E-state index contributed by atoms with van der Waals surface area (Å²) >= 11 is 0. The highest BCUT2D eigenvalue weighted by atomic mass is 16.1. The van der Waals surface area contributed by atoms with Crippen LogP contribution in [0.2, 0.25) is 0 Å². The first kappa shape index (κ1) is 12.1. The molecule has 4 heteroatoms. The molecular weight excluding hydrogens is 204 g/mol. The number of nitrogens with zero attached hydrogens (tertiary/aromatic N) is 1. The lowest BCUT2D eigenvalue weighted by Crippen LogP contribution is -2.20. The van der Waals surface area contributed by atoms with Crippen molar-refractivity contribution in [3.8, 4) is 0 Å². The van der Waals surface area contributed by atoms with Crippen molar-refractivity contribution in [2.75, 3.05) is 6.54 Å². The lowest BCUT2D eigenvalue weighted by atomic mass is 10.2. The van der Waals surface area contributed by atoms with Crippen molar-refractivity contribution in [2.45, 2.75) is 13.3 Å². The monoisotopic (exact) mass is 218 g/mol. The van der Waals surface area contributed by atoms with E-state index in [-0.39, 0.29) is 5.91 Å². The van der Waals surface area contributed by atoms with Gasteiger partial charge in [-0.3, -0.25) is 14.6 Å². The Kier molecular flexibility index (Phi) is 4.92. The molecule has 0 radical (unpaired) electrons. The van der Waals surface area contributed by atoms with Gasteiger partial charge < -0.3 is 5.32 Å². The van der Waals surface area contributed by atoms with Gasteiger partial charge in [0.25, 0.3) is 0 Å². The second-order valence-electron chi connectivity index (χ2n) is 3.31. The molecule has 0 aliphatic heterocycles. The Morgan fingerprint density at radius 3 is 2.88 bits per heavy atom. The molecule has 0 unspecified atom stereocenters. The van der Waals surface area contributed by atoms with Crippen LogP contribution in [-0.4, -0.2) is 23.7 Å². The molecule has 1 amide bonds. The van der Waals surface area contributed by atoms with E-state index >= 15 is 0 Å². The van der Waals surface area contributed by atoms with Crippen LogP contribution in [0, 0.1) is 0 Å². The van der Waals surface area contributed by atoms with Gasteiger partial charge in [0.05, 0.1) is 0 Å². The number of carbonyl (C=O) groups excluding carboxylic acids is 2. The Bertz CT molecular complexity index is 383. The number of nitrogens with one attached hydrogen (secondary N) is 1. The third kappa shape index (κ3) is 4.50. The first-order valence-corrected chi connectivity index (χ1v) is 5.04. The highest BCUT2D eigenvalue weighted by Crippen LogP contribution is 2.01. The van der Waals surface area contributed by atoms with Crippen molar-refractivity contribution < 1.29 is 9.59 Å². The van der Waals surface area contributed by atoms with Gasteiger partial charge in [-0.15, -0.1) is 0 Å². The summed E-state index contributed by atoms with van der Waals surface area (Å²) in [6.45, 7) is 2.12. The number of aromatic nitrogens is 1. The summed E-state index contributed by atoms with van der Waals surface area (Å²) < 4.78 is 0. The maximum Gasteiger partial charge on any atom is 0.216 e. The molecule has 1 rings (SSSR count). The van der Waals surface area contributed by atoms with E-state index in [4.69, 9.17) is 0 Å². The highest BCUT2D eigenvalue weighted by Gasteiger charge is 1.91. The van der Waals surface area contributed by atoms with Crippen LogP contribution in [0.15, 0.2) is 24.4 Å². The number of carbonyl (C=O) groups is 2. The lowest BCUT2D eigenvalue weighted by molar-refractivity contribution is -0.118. The standard InChI is InChI=1S/C12H14N2O2/c1-10(16)13-7-3-2-4-11-5-6-12(9-15)14-8-11/h2,4-6,8-9H,3,7H2,1H3,(H,13,16). The minimum atomic E-state index is -0.0228. The molecule has 0 fully saturated rings. The number of hydrogen-bond acceptors (Lipinski definition) is 3. The molecule has 0 aliphatic rings. The number of rotatable bonds is 5. The van der Waals surface area contributed by atoms with E-state index in [0.29, 0.717) is 18.5 Å². The van der Waals surface area contributed by atoms with Crippen molar-refractivity contribution in [3.63, 3.8) is 0 Å². The summed E-state index contributed by atoms with van der Waals surface area (Å²) in [4.78, 5) is 24.9. The molecule has 0 aliphatic carbocycles. The van der Waals surface area contributed by atoms with Crippen LogP contribution < -0.4 is 5.32 Å². The van der Waals surface area contributed by atoms with E-state index in [2.05, 4.69) is 10.3 Å². The van der Waals surface area contributed by atoms with Gasteiger partial charge in [-0.05, 0) is 18.1 Å². The zero-order valence-electron chi connectivity index (χ0n) is 9.14. The largest absolute Gasteiger partial charge is 0.356 e. The number of amides is 1. The zero-order valence-corrected chi connectivity index (χ0v) is 9.14. The van der Waals surface area contributed by atoms with Gasteiger partial charge in [0, 0.05) is 19.7 Å². The van der Waals surface area contributed by atoms with Crippen molar-refractivity contribution in [1.29, 1.82) is 0 Å². The van der Waals surface area contributed by atoms with Gasteiger partial charge in [0.1, 0.15) is 5.69 Å². The maximum atomic E-state index is 10.6. The van der Waals surface area contributed by atoms with Crippen LogP contribution in [0.3, 0.4) is 0 Å². The predicted octanol–water partition coefficient (Wildman–Crippen LogP) is 1.43. The number of aldehydes is 1. The second kappa shape index (κ2) is 6.50. The van der Waals surface area contributed by atoms with E-state index in [9.17, 15) is 9.59 Å². The second-order valence-corrected chi connectivity index (χ2v) is 3.31. The van der Waals surface area contributed by atoms with Crippen LogP contribution >= 0.6 is 0 Å². The molecule has 0 atom stereocenters. The van der Waals surface area contributed by atoms with Gasteiger partial charge in [-0.1, -0.05) is 18.2 Å². The fourth-order valence-corrected chi connectivity index (χ4v) is 1.14. The smallest absolute Gasteiger partial charge is 0.216 e. The summed E-state index contributed by atoms with van der Waals surface area (Å²) in [6.07, 6.45) is 6.98. The number of pyridine rings is 1. The summed E-state index contributed by atoms with van der Waals surface area (Å²) in [5, 5.41) is 2.70. The number of hydrogen-bond donors (Lipinski definition) is 1. The van der Waals surface area contributed by atoms with Crippen molar-refractivity contribution >= 4 is 18.3 Å². The molecular formula is C12H14N2O2. The third-order valence-electron chi connectivity index (χ3n) is 1.93. The quantitative estimate of drug-likeness (QED) is 0.601. The third-order valence-corrected chi connectivity index (χ3v) is 1.93. The van der Waals surface area contributed by atoms with Crippen LogP contribution in [0.4, 0.5) is 0 Å². The van der Waals surface area contributed by atoms with Gasteiger partial charge in [-0.25, -0.2) is 0 Å². The average molecular weight is 218 g/mol. The fraction of sp³-hybridized carbons (Fsp3) is 0.250. The van der Waals surface area contributed by atoms with Gasteiger partial charge >= 0.3 is 0 Å². The molecule has 0 saturated heterocycles. The molecule has 0 saturated carbocycles. The van der Waals surface area contributed by atoms with Crippen LogP contribution in [0.25, 0.3) is 6.08 Å². The predicted molar refractivity (Wildman–Crippen MR) is 62.0 cm³/mol. The molecule has 1 heterocycles. The fourth-order valence-electron chi connectivity index (χ4n) is 1.14. The van der Waals surface area contributed by atoms with E-state index in [1.807, 2.05) is 18.2 Å². The lowest BCUT2D eigenvalue weighted by Gasteiger charge is -1.97. The highest BCUT2D eigenvalue weighted by molar-refractivity contribution is 5.73. The zero-order chi connectivity index (χ0) is 11.8. The molecule has 1 N–H and O–H groups in total. The van der Waals surface area contributed by atoms with Crippen molar-refractivity contribution in [3.05, 3.63) is 35.7 Å². The molecule has 84 valence electrons. The van der Waals surface area contributed by atoms with E-state index < -0.39 is 0 Å². The Morgan fingerprint density at radius 1 is 1.50 bits per heavy atom. The first-order chi connectivity index (χ1) is 7.72. The van der Waals surface area contributed by atoms with Gasteiger partial charge in [0.15, 0.2) is 6.29 Å². The normalized spacial score (nSPS) is 10.3. The van der Waals surface area contributed by atoms with Crippen LogP contribution in [0.5, 0.6) is 0 Å². The van der Waals surface area contributed by atoms with Crippen LogP contribution in [-0.2, 0) is 4.79 Å². The summed E-state index contributed by atoms with van der Waals surface area (Å²) in [5.74, 6) is -0.0228. The van der Waals surface area contributed by atoms with Gasteiger partial charge in [0.2, 0.25) is 5.91 Å². The van der Waals surface area contributed by atoms with Crippen molar-refractivity contribution in [2.24, 2.45) is 0 Å². The summed E-state index contributed by atoms with van der Waals surface area (Å²) in [5.41, 5.74) is 1.36. The molecule has 0 bridgehead atoms. The Hall–Kier alpha value is -1.97. The topological polar surface area (TPSA) is 59.1 Å². The Morgan fingerprint density at radius 2 is 2.31 bits per heavy atom. The first-order valence-electron chi connectivity index (χ1n) is 5.04. The SMILES string of the molecule is CC(=O)NCCC=Cc1ccc(C=O)nc1. The van der Waals surface area contributed by atoms with Gasteiger partial charge in [-0.2, -0.15) is 0 Å². The van der Waals surface area contributed by atoms with E-state index in [0.717, 1.165) is 12.0 Å². The molecule has 0 aromatic carbocycles. The molecule has 1 aromatic rings. The molecule has 4 nitrogen and oxygen atoms in total. The van der Waals surface area contributed by atoms with Crippen LogP contribution in [0.1, 0.15) is 29.4 Å². The minimum absolute atomic E-state index is 0.0228. The Labute approximate surface area is 94.4 Å². The van der Waals surface area contributed by atoms with E-state index in [1.54, 1.807) is 12.3 Å². The van der Waals surface area contributed by atoms with Crippen molar-refractivity contribution in [1.82, 2.24) is 10.3 Å². The maximum absolute atomic E-state index is 10.6. The van der Waals surface area contributed by atoms with E-state index in [1.165, 1.54) is 6.92 Å². The average Bonchev–Trinajstić information content (AvgIpc) is 2.29. The molecule has 0 spiro atoms. The Balaban J connectivity index is 2.37. The molecule has 16 heavy (non-hydrogen) atoms. The summed E-state index contributed by atoms with van der Waals surface area (Å²) in [6, 6.07) is 3.49. The minimum Gasteiger partial charge on any atom is -0.356 e. The summed E-state index contributed by atoms with van der Waals surface area (Å²) in [7, 11) is 0.